The first-order valence-electron chi connectivity index (χ1n) is 7.41. The van der Waals surface area contributed by atoms with Crippen molar-refractivity contribution in [3.8, 4) is 0 Å². The van der Waals surface area contributed by atoms with E-state index >= 15 is 0 Å². The zero-order valence-electron chi connectivity index (χ0n) is 12.4. The molecule has 0 aromatic rings. The first-order chi connectivity index (χ1) is 8.04. The van der Waals surface area contributed by atoms with Gasteiger partial charge in [0.15, 0.2) is 0 Å². The maximum atomic E-state index is 6.03. The van der Waals surface area contributed by atoms with Crippen LogP contribution < -0.4 is 0 Å². The molecule has 1 saturated heterocycles. The zero-order valence-corrected chi connectivity index (χ0v) is 12.4. The Hall–Kier alpha value is -0.0800. The second-order valence-corrected chi connectivity index (χ2v) is 6.08. The molecule has 1 aliphatic rings. The molecule has 17 heavy (non-hydrogen) atoms. The van der Waals surface area contributed by atoms with Gasteiger partial charge in [0.2, 0.25) is 0 Å². The summed E-state index contributed by atoms with van der Waals surface area (Å²) in [5.74, 6) is 0.755. The second-order valence-electron chi connectivity index (χ2n) is 6.08. The van der Waals surface area contributed by atoms with Crippen molar-refractivity contribution in [3.63, 3.8) is 0 Å². The number of piperidine rings is 1. The van der Waals surface area contributed by atoms with Crippen molar-refractivity contribution < 1.29 is 4.74 Å². The highest BCUT2D eigenvalue weighted by molar-refractivity contribution is 4.84. The molecule has 0 radical (unpaired) electrons. The summed E-state index contributed by atoms with van der Waals surface area (Å²) in [5, 5.41) is 0. The monoisotopic (exact) mass is 241 g/mol. The van der Waals surface area contributed by atoms with Crippen LogP contribution in [0.3, 0.4) is 0 Å². The Morgan fingerprint density at radius 2 is 1.76 bits per heavy atom. The minimum atomic E-state index is 0.492. The van der Waals surface area contributed by atoms with Gasteiger partial charge >= 0.3 is 0 Å². The number of rotatable bonds is 6. The molecule has 2 heteroatoms. The topological polar surface area (TPSA) is 12.5 Å². The van der Waals surface area contributed by atoms with Crippen LogP contribution in [0.15, 0.2) is 0 Å². The van der Waals surface area contributed by atoms with E-state index in [-0.39, 0.29) is 0 Å². The van der Waals surface area contributed by atoms with E-state index in [9.17, 15) is 0 Å². The van der Waals surface area contributed by atoms with E-state index in [0.29, 0.717) is 18.2 Å². The highest BCUT2D eigenvalue weighted by atomic mass is 16.5. The van der Waals surface area contributed by atoms with Crippen LogP contribution in [0.25, 0.3) is 0 Å². The van der Waals surface area contributed by atoms with Gasteiger partial charge in [0, 0.05) is 18.7 Å². The Balaban J connectivity index is 2.32. The fourth-order valence-electron chi connectivity index (χ4n) is 2.87. The molecule has 0 saturated carbocycles. The van der Waals surface area contributed by atoms with Crippen LogP contribution in [0, 0.1) is 5.92 Å². The van der Waals surface area contributed by atoms with Gasteiger partial charge in [0.25, 0.3) is 0 Å². The lowest BCUT2D eigenvalue weighted by Gasteiger charge is -2.42. The van der Waals surface area contributed by atoms with Crippen LogP contribution in [0.2, 0.25) is 0 Å². The van der Waals surface area contributed by atoms with Crippen molar-refractivity contribution in [3.05, 3.63) is 0 Å². The van der Waals surface area contributed by atoms with Gasteiger partial charge in [-0.15, -0.1) is 0 Å². The van der Waals surface area contributed by atoms with E-state index < -0.39 is 0 Å². The van der Waals surface area contributed by atoms with Crippen molar-refractivity contribution in [2.24, 2.45) is 5.92 Å². The smallest absolute Gasteiger partial charge is 0.0604 e. The standard InChI is InChI=1S/C15H31NO/c1-6-8-16-13(4)10-15(11-14(16)5)17-9-7-12(2)3/h12-15H,6-11H2,1-5H3/t13-,14?,15?/m0/s1. The molecule has 1 rings (SSSR count). The van der Waals surface area contributed by atoms with E-state index in [0.717, 1.165) is 12.5 Å². The normalized spacial score (nSPS) is 31.1. The molecule has 3 atom stereocenters. The molecule has 0 aliphatic carbocycles. The van der Waals surface area contributed by atoms with Crippen LogP contribution in [0.4, 0.5) is 0 Å². The average molecular weight is 241 g/mol. The van der Waals surface area contributed by atoms with Gasteiger partial charge < -0.3 is 4.74 Å². The maximum Gasteiger partial charge on any atom is 0.0604 e. The van der Waals surface area contributed by atoms with E-state index in [2.05, 4.69) is 39.5 Å². The summed E-state index contributed by atoms with van der Waals surface area (Å²) in [6.45, 7) is 13.7. The fraction of sp³-hybridized carbons (Fsp3) is 1.00. The highest BCUT2D eigenvalue weighted by Crippen LogP contribution is 2.25. The van der Waals surface area contributed by atoms with Gasteiger partial charge in [-0.25, -0.2) is 0 Å². The zero-order chi connectivity index (χ0) is 12.8. The molecular weight excluding hydrogens is 210 g/mol. The van der Waals surface area contributed by atoms with Gasteiger partial charge in [-0.05, 0) is 52.0 Å². The summed E-state index contributed by atoms with van der Waals surface area (Å²) >= 11 is 0. The molecule has 102 valence electrons. The van der Waals surface area contributed by atoms with E-state index in [4.69, 9.17) is 4.74 Å². The Morgan fingerprint density at radius 3 is 2.24 bits per heavy atom. The SMILES string of the molecule is CCCN1C(C)CC(OCCC(C)C)C[C@@H]1C. The minimum absolute atomic E-state index is 0.492. The molecule has 0 spiro atoms. The number of hydrogen-bond donors (Lipinski definition) is 0. The van der Waals surface area contributed by atoms with E-state index in [1.165, 1.54) is 32.2 Å². The van der Waals surface area contributed by atoms with Crippen LogP contribution in [0.1, 0.15) is 60.3 Å². The van der Waals surface area contributed by atoms with E-state index in [1.807, 2.05) is 0 Å². The molecular formula is C15H31NO. The Kier molecular flexibility index (Phi) is 6.50. The lowest BCUT2D eigenvalue weighted by atomic mass is 9.94. The Bertz CT molecular complexity index is 193. The van der Waals surface area contributed by atoms with Crippen molar-refractivity contribution >= 4 is 0 Å². The van der Waals surface area contributed by atoms with Crippen molar-refractivity contribution in [1.29, 1.82) is 0 Å². The van der Waals surface area contributed by atoms with Gasteiger partial charge in [-0.3, -0.25) is 4.90 Å². The molecule has 0 aromatic carbocycles. The molecule has 0 aromatic heterocycles. The molecule has 1 fully saturated rings. The van der Waals surface area contributed by atoms with Crippen LogP contribution >= 0.6 is 0 Å². The molecule has 1 aliphatic heterocycles. The number of nitrogens with zero attached hydrogens (tertiary/aromatic N) is 1. The summed E-state index contributed by atoms with van der Waals surface area (Å²) in [6, 6.07) is 1.37. The van der Waals surface area contributed by atoms with Gasteiger partial charge in [0.05, 0.1) is 6.10 Å². The lowest BCUT2D eigenvalue weighted by Crippen LogP contribution is -2.49. The average Bonchev–Trinajstić information content (AvgIpc) is 2.23. The van der Waals surface area contributed by atoms with Gasteiger partial charge in [-0.1, -0.05) is 20.8 Å². The largest absolute Gasteiger partial charge is 0.378 e. The third-order valence-corrected chi connectivity index (χ3v) is 3.87. The summed E-state index contributed by atoms with van der Waals surface area (Å²) < 4.78 is 6.03. The Morgan fingerprint density at radius 1 is 1.18 bits per heavy atom. The van der Waals surface area contributed by atoms with Gasteiger partial charge in [-0.2, -0.15) is 0 Å². The first-order valence-corrected chi connectivity index (χ1v) is 7.41. The minimum Gasteiger partial charge on any atom is -0.378 e. The number of ether oxygens (including phenoxy) is 1. The molecule has 2 nitrogen and oxygen atoms in total. The maximum absolute atomic E-state index is 6.03. The molecule has 2 unspecified atom stereocenters. The molecule has 0 N–H and O–H groups in total. The summed E-state index contributed by atoms with van der Waals surface area (Å²) in [5.41, 5.74) is 0. The molecule has 0 bridgehead atoms. The lowest BCUT2D eigenvalue weighted by molar-refractivity contribution is -0.0362. The predicted octanol–water partition coefficient (Wildman–Crippen LogP) is 3.70. The Labute approximate surface area is 108 Å². The quantitative estimate of drug-likeness (QED) is 0.703. The van der Waals surface area contributed by atoms with Crippen molar-refractivity contribution in [1.82, 2.24) is 4.90 Å². The summed E-state index contributed by atoms with van der Waals surface area (Å²) in [4.78, 5) is 2.64. The van der Waals surface area contributed by atoms with Crippen molar-refractivity contribution in [2.45, 2.75) is 78.5 Å². The van der Waals surface area contributed by atoms with Crippen LogP contribution in [-0.2, 0) is 4.74 Å². The number of likely N-dealkylation sites (tertiary alicyclic amines) is 1. The third kappa shape index (κ3) is 4.97. The molecule has 0 amide bonds. The number of hydrogen-bond acceptors (Lipinski definition) is 2. The molecule has 1 heterocycles. The highest BCUT2D eigenvalue weighted by Gasteiger charge is 2.30. The predicted molar refractivity (Wildman–Crippen MR) is 74.4 cm³/mol. The van der Waals surface area contributed by atoms with Gasteiger partial charge in [0.1, 0.15) is 0 Å². The van der Waals surface area contributed by atoms with Crippen LogP contribution in [-0.4, -0.2) is 36.2 Å². The second kappa shape index (κ2) is 7.38. The summed E-state index contributed by atoms with van der Waals surface area (Å²) in [7, 11) is 0. The van der Waals surface area contributed by atoms with Crippen molar-refractivity contribution in [2.75, 3.05) is 13.2 Å². The first kappa shape index (κ1) is 15.0. The van der Waals surface area contributed by atoms with Crippen LogP contribution in [0.5, 0.6) is 0 Å². The van der Waals surface area contributed by atoms with E-state index in [1.54, 1.807) is 0 Å². The summed E-state index contributed by atoms with van der Waals surface area (Å²) in [6.07, 6.45) is 5.36. The third-order valence-electron chi connectivity index (χ3n) is 3.87. The fourth-order valence-corrected chi connectivity index (χ4v) is 2.87.